The van der Waals surface area contributed by atoms with E-state index in [4.69, 9.17) is 4.42 Å². The highest BCUT2D eigenvalue weighted by Crippen LogP contribution is 2.17. The zero-order chi connectivity index (χ0) is 14.3. The molecule has 0 aliphatic carbocycles. The number of aryl methyl sites for hydroxylation is 1. The van der Waals surface area contributed by atoms with Gasteiger partial charge in [-0.15, -0.1) is 0 Å². The highest BCUT2D eigenvalue weighted by atomic mass is 19.1. The second kappa shape index (κ2) is 4.45. The van der Waals surface area contributed by atoms with Crippen LogP contribution in [0.15, 0.2) is 51.7 Å². The van der Waals surface area contributed by atoms with E-state index in [0.717, 1.165) is 10.1 Å². The average Bonchev–Trinajstić information content (AvgIpc) is 2.73. The summed E-state index contributed by atoms with van der Waals surface area (Å²) in [5.74, 6) is -2.24. The second-order valence-electron chi connectivity index (χ2n) is 4.46. The first-order chi connectivity index (χ1) is 9.58. The fourth-order valence-electron chi connectivity index (χ4n) is 2.07. The molecule has 1 heterocycles. The van der Waals surface area contributed by atoms with Crippen molar-refractivity contribution in [3.8, 4) is 0 Å². The van der Waals surface area contributed by atoms with Gasteiger partial charge in [0, 0.05) is 0 Å². The van der Waals surface area contributed by atoms with Gasteiger partial charge in [-0.1, -0.05) is 18.2 Å². The van der Waals surface area contributed by atoms with Gasteiger partial charge in [0.25, 0.3) is 5.91 Å². The molecule has 5 heteroatoms. The van der Waals surface area contributed by atoms with Gasteiger partial charge in [-0.3, -0.25) is 4.79 Å². The van der Waals surface area contributed by atoms with Crippen molar-refractivity contribution in [2.75, 3.05) is 0 Å². The van der Waals surface area contributed by atoms with Gasteiger partial charge in [-0.05, 0) is 36.8 Å². The highest BCUT2D eigenvalue weighted by molar-refractivity contribution is 6.00. The van der Waals surface area contributed by atoms with E-state index in [1.807, 2.05) is 6.92 Å². The van der Waals surface area contributed by atoms with Gasteiger partial charge in [0.1, 0.15) is 5.82 Å². The zero-order valence-electron chi connectivity index (χ0n) is 10.6. The highest BCUT2D eigenvalue weighted by Gasteiger charge is 2.20. The van der Waals surface area contributed by atoms with Crippen LogP contribution in [-0.2, 0) is 0 Å². The van der Waals surface area contributed by atoms with Crippen molar-refractivity contribution in [1.29, 1.82) is 0 Å². The summed E-state index contributed by atoms with van der Waals surface area (Å²) in [6.45, 7) is 1.84. The molecule has 1 aromatic heterocycles. The lowest BCUT2D eigenvalue weighted by atomic mass is 10.2. The Labute approximate surface area is 113 Å². The van der Waals surface area contributed by atoms with Crippen molar-refractivity contribution in [3.05, 3.63) is 70.0 Å². The van der Waals surface area contributed by atoms with Gasteiger partial charge >= 0.3 is 5.76 Å². The fourth-order valence-corrected chi connectivity index (χ4v) is 2.07. The molecule has 0 fully saturated rings. The van der Waals surface area contributed by atoms with Crippen molar-refractivity contribution < 1.29 is 13.6 Å². The maximum atomic E-state index is 13.7. The van der Waals surface area contributed by atoms with E-state index in [0.29, 0.717) is 11.1 Å². The van der Waals surface area contributed by atoms with Crippen LogP contribution in [0.2, 0.25) is 0 Å². The Hall–Kier alpha value is -2.69. The lowest BCUT2D eigenvalue weighted by Gasteiger charge is -2.02. The molecule has 0 aliphatic rings. The Bertz CT molecular complexity index is 876. The predicted molar refractivity (Wildman–Crippen MR) is 71.3 cm³/mol. The van der Waals surface area contributed by atoms with Gasteiger partial charge < -0.3 is 4.42 Å². The van der Waals surface area contributed by atoms with E-state index < -0.39 is 17.5 Å². The number of carbonyl (C=O) groups is 1. The summed E-state index contributed by atoms with van der Waals surface area (Å²) in [6, 6.07) is 10.5. The number of hydrogen-bond acceptors (Lipinski definition) is 3. The average molecular weight is 271 g/mol. The molecule has 0 saturated heterocycles. The molecule has 0 spiro atoms. The quantitative estimate of drug-likeness (QED) is 0.683. The summed E-state index contributed by atoms with van der Waals surface area (Å²) in [5.41, 5.74) is 1.36. The molecule has 0 N–H and O–H groups in total. The molecule has 0 unspecified atom stereocenters. The van der Waals surface area contributed by atoms with Crippen molar-refractivity contribution in [1.82, 2.24) is 4.57 Å². The monoisotopic (exact) mass is 271 g/mol. The van der Waals surface area contributed by atoms with Gasteiger partial charge in [-0.2, -0.15) is 0 Å². The van der Waals surface area contributed by atoms with E-state index in [2.05, 4.69) is 0 Å². The third kappa shape index (κ3) is 1.84. The zero-order valence-corrected chi connectivity index (χ0v) is 10.6. The maximum absolute atomic E-state index is 13.7. The third-order valence-electron chi connectivity index (χ3n) is 3.04. The lowest BCUT2D eigenvalue weighted by molar-refractivity contribution is 0.0952. The van der Waals surface area contributed by atoms with Crippen molar-refractivity contribution >= 4 is 17.0 Å². The largest absolute Gasteiger partial charge is 0.427 e. The minimum atomic E-state index is -0.821. The molecule has 0 saturated carbocycles. The molecule has 3 aromatic rings. The number of carbonyl (C=O) groups excluding carboxylic acids is 1. The summed E-state index contributed by atoms with van der Waals surface area (Å²) in [5, 5.41) is 0. The molecule has 0 amide bonds. The predicted octanol–water partition coefficient (Wildman–Crippen LogP) is 2.73. The van der Waals surface area contributed by atoms with Gasteiger partial charge in [0.05, 0.1) is 11.1 Å². The Balaban J connectivity index is 2.25. The first-order valence-corrected chi connectivity index (χ1v) is 5.99. The number of nitrogens with zero attached hydrogens (tertiary/aromatic N) is 1. The summed E-state index contributed by atoms with van der Waals surface area (Å²) in [7, 11) is 0. The normalized spacial score (nSPS) is 10.9. The SMILES string of the molecule is Cc1ccc2c(c1)oc(=O)n2C(=O)c1ccccc1F. The number of hydrogen-bond donors (Lipinski definition) is 0. The summed E-state index contributed by atoms with van der Waals surface area (Å²) < 4.78 is 19.5. The van der Waals surface area contributed by atoms with Crippen LogP contribution in [0.25, 0.3) is 11.1 Å². The Morgan fingerprint density at radius 2 is 1.95 bits per heavy atom. The van der Waals surface area contributed by atoms with E-state index >= 15 is 0 Å². The summed E-state index contributed by atoms with van der Waals surface area (Å²) >= 11 is 0. The lowest BCUT2D eigenvalue weighted by Crippen LogP contribution is -2.24. The van der Waals surface area contributed by atoms with E-state index in [9.17, 15) is 14.0 Å². The van der Waals surface area contributed by atoms with Gasteiger partial charge in [0.15, 0.2) is 5.58 Å². The number of fused-ring (bicyclic) bond motifs is 1. The first kappa shape index (κ1) is 12.3. The van der Waals surface area contributed by atoms with Crippen molar-refractivity contribution in [2.45, 2.75) is 6.92 Å². The first-order valence-electron chi connectivity index (χ1n) is 5.99. The molecule has 4 nitrogen and oxygen atoms in total. The van der Waals surface area contributed by atoms with Crippen LogP contribution in [0.5, 0.6) is 0 Å². The molecular formula is C15H10FNO3. The molecule has 2 aromatic carbocycles. The molecule has 20 heavy (non-hydrogen) atoms. The van der Waals surface area contributed by atoms with Gasteiger partial charge in [0.2, 0.25) is 0 Å². The molecule has 0 aliphatic heterocycles. The summed E-state index contributed by atoms with van der Waals surface area (Å²) in [6.07, 6.45) is 0. The Morgan fingerprint density at radius 3 is 2.70 bits per heavy atom. The van der Waals surface area contributed by atoms with Crippen molar-refractivity contribution in [3.63, 3.8) is 0 Å². The number of halogens is 1. The van der Waals surface area contributed by atoms with Crippen LogP contribution in [0, 0.1) is 12.7 Å². The summed E-state index contributed by atoms with van der Waals surface area (Å²) in [4.78, 5) is 24.1. The number of oxazole rings is 1. The van der Waals surface area contributed by atoms with Crippen LogP contribution >= 0.6 is 0 Å². The third-order valence-corrected chi connectivity index (χ3v) is 3.04. The minimum Gasteiger partial charge on any atom is -0.407 e. The Morgan fingerprint density at radius 1 is 1.20 bits per heavy atom. The number of rotatable bonds is 1. The van der Waals surface area contributed by atoms with Crippen LogP contribution < -0.4 is 5.76 Å². The van der Waals surface area contributed by atoms with Crippen LogP contribution in [0.1, 0.15) is 15.9 Å². The fraction of sp³-hybridized carbons (Fsp3) is 0.0667. The minimum absolute atomic E-state index is 0.169. The molecule has 3 rings (SSSR count). The number of aromatic nitrogens is 1. The second-order valence-corrected chi connectivity index (χ2v) is 4.46. The van der Waals surface area contributed by atoms with E-state index in [-0.39, 0.29) is 5.56 Å². The van der Waals surface area contributed by atoms with Crippen LogP contribution in [0.3, 0.4) is 0 Å². The molecule has 100 valence electrons. The van der Waals surface area contributed by atoms with E-state index in [1.54, 1.807) is 18.2 Å². The van der Waals surface area contributed by atoms with Gasteiger partial charge in [-0.25, -0.2) is 13.8 Å². The van der Waals surface area contributed by atoms with Crippen molar-refractivity contribution in [2.24, 2.45) is 0 Å². The molecule has 0 atom stereocenters. The molecular weight excluding hydrogens is 261 g/mol. The molecule has 0 radical (unpaired) electrons. The van der Waals surface area contributed by atoms with E-state index in [1.165, 1.54) is 24.3 Å². The van der Waals surface area contributed by atoms with Crippen LogP contribution in [0.4, 0.5) is 4.39 Å². The van der Waals surface area contributed by atoms with Crippen LogP contribution in [-0.4, -0.2) is 10.5 Å². The smallest absolute Gasteiger partial charge is 0.407 e. The topological polar surface area (TPSA) is 52.2 Å². The molecule has 0 bridgehead atoms. The Kier molecular flexibility index (Phi) is 2.75. The maximum Gasteiger partial charge on any atom is 0.427 e. The standard InChI is InChI=1S/C15H10FNO3/c1-9-6-7-12-13(8-9)20-15(19)17(12)14(18)10-4-2-3-5-11(10)16/h2-8H,1H3. The number of benzene rings is 2.